The molecule has 152 valence electrons. The SMILES string of the molecule is COc1cccc(-c2noc([C@H]3CCCN3C(=O)C[C@@H](C)CC(C)(C)C)n2)c1. The average molecular weight is 386 g/mol. The van der Waals surface area contributed by atoms with Gasteiger partial charge in [-0.25, -0.2) is 0 Å². The number of hydrogen-bond donors (Lipinski definition) is 0. The van der Waals surface area contributed by atoms with Crippen molar-refractivity contribution in [3.05, 3.63) is 30.2 Å². The van der Waals surface area contributed by atoms with E-state index in [2.05, 4.69) is 37.8 Å². The predicted octanol–water partition coefficient (Wildman–Crippen LogP) is 4.87. The van der Waals surface area contributed by atoms with Gasteiger partial charge in [0.25, 0.3) is 0 Å². The van der Waals surface area contributed by atoms with Crippen LogP contribution in [0.3, 0.4) is 0 Å². The lowest BCUT2D eigenvalue weighted by Gasteiger charge is -2.26. The maximum Gasteiger partial charge on any atom is 0.249 e. The average Bonchev–Trinajstić information content (AvgIpc) is 3.29. The zero-order valence-electron chi connectivity index (χ0n) is 17.6. The lowest BCUT2D eigenvalue weighted by Crippen LogP contribution is -2.32. The van der Waals surface area contributed by atoms with Crippen molar-refractivity contribution in [1.29, 1.82) is 0 Å². The highest BCUT2D eigenvalue weighted by Crippen LogP contribution is 2.34. The maximum absolute atomic E-state index is 12.9. The van der Waals surface area contributed by atoms with Crippen LogP contribution in [-0.2, 0) is 4.79 Å². The molecule has 28 heavy (non-hydrogen) atoms. The van der Waals surface area contributed by atoms with E-state index in [0.29, 0.717) is 24.1 Å². The summed E-state index contributed by atoms with van der Waals surface area (Å²) in [7, 11) is 1.63. The molecule has 0 unspecified atom stereocenters. The van der Waals surface area contributed by atoms with Gasteiger partial charge in [-0.05, 0) is 42.7 Å². The molecule has 0 aliphatic carbocycles. The minimum absolute atomic E-state index is 0.124. The molecular formula is C22H31N3O3. The third-order valence-corrected chi connectivity index (χ3v) is 5.11. The molecule has 1 fully saturated rings. The smallest absolute Gasteiger partial charge is 0.249 e. The Bertz CT molecular complexity index is 809. The van der Waals surface area contributed by atoms with Gasteiger partial charge in [0.05, 0.1) is 7.11 Å². The van der Waals surface area contributed by atoms with Gasteiger partial charge in [-0.3, -0.25) is 4.79 Å². The standard InChI is InChI=1S/C22H31N3O3/c1-15(14-22(2,3)4)12-19(26)25-11-7-10-18(25)21-23-20(24-28-21)16-8-6-9-17(13-16)27-5/h6,8-9,13,15,18H,7,10-12,14H2,1-5H3/t15-,18-/m1/s1. The summed E-state index contributed by atoms with van der Waals surface area (Å²) in [6.07, 6.45) is 3.41. The number of aromatic nitrogens is 2. The third-order valence-electron chi connectivity index (χ3n) is 5.11. The van der Waals surface area contributed by atoms with E-state index >= 15 is 0 Å². The fourth-order valence-corrected chi connectivity index (χ4v) is 4.10. The fraction of sp³-hybridized carbons (Fsp3) is 0.591. The van der Waals surface area contributed by atoms with Gasteiger partial charge in [0.1, 0.15) is 11.8 Å². The molecule has 3 rings (SSSR count). The minimum Gasteiger partial charge on any atom is -0.497 e. The summed E-state index contributed by atoms with van der Waals surface area (Å²) in [4.78, 5) is 19.4. The molecule has 0 radical (unpaired) electrons. The maximum atomic E-state index is 12.9. The quantitative estimate of drug-likeness (QED) is 0.709. The molecule has 6 nitrogen and oxygen atoms in total. The number of carbonyl (C=O) groups is 1. The van der Waals surface area contributed by atoms with E-state index in [0.717, 1.165) is 37.1 Å². The second kappa shape index (κ2) is 8.33. The molecule has 1 saturated heterocycles. The Morgan fingerprint density at radius 3 is 2.89 bits per heavy atom. The van der Waals surface area contributed by atoms with E-state index in [1.54, 1.807) is 7.11 Å². The second-order valence-electron chi connectivity index (χ2n) is 9.01. The van der Waals surface area contributed by atoms with Crippen molar-refractivity contribution in [2.75, 3.05) is 13.7 Å². The Morgan fingerprint density at radius 2 is 2.18 bits per heavy atom. The first-order valence-corrected chi connectivity index (χ1v) is 10.0. The van der Waals surface area contributed by atoms with E-state index in [-0.39, 0.29) is 17.4 Å². The lowest BCUT2D eigenvalue weighted by molar-refractivity contribution is -0.133. The number of ether oxygens (including phenoxy) is 1. The van der Waals surface area contributed by atoms with Crippen LogP contribution in [0.4, 0.5) is 0 Å². The highest BCUT2D eigenvalue weighted by Gasteiger charge is 2.34. The summed E-state index contributed by atoms with van der Waals surface area (Å²) in [6, 6.07) is 7.44. The van der Waals surface area contributed by atoms with Gasteiger partial charge in [-0.2, -0.15) is 4.98 Å². The van der Waals surface area contributed by atoms with Gasteiger partial charge in [-0.1, -0.05) is 45.0 Å². The topological polar surface area (TPSA) is 68.5 Å². The summed E-state index contributed by atoms with van der Waals surface area (Å²) < 4.78 is 10.8. The first-order valence-electron chi connectivity index (χ1n) is 10.0. The first-order chi connectivity index (χ1) is 13.3. The van der Waals surface area contributed by atoms with Crippen LogP contribution in [0.2, 0.25) is 0 Å². The Kier molecular flexibility index (Phi) is 6.06. The molecule has 2 aromatic rings. The van der Waals surface area contributed by atoms with Gasteiger partial charge >= 0.3 is 0 Å². The number of nitrogens with zero attached hydrogens (tertiary/aromatic N) is 3. The van der Waals surface area contributed by atoms with Gasteiger partial charge in [0.2, 0.25) is 17.6 Å². The monoisotopic (exact) mass is 385 g/mol. The van der Waals surface area contributed by atoms with E-state index in [9.17, 15) is 4.79 Å². The van der Waals surface area contributed by atoms with Crippen LogP contribution >= 0.6 is 0 Å². The van der Waals surface area contributed by atoms with Crippen LogP contribution in [0.25, 0.3) is 11.4 Å². The van der Waals surface area contributed by atoms with Crippen molar-refractivity contribution in [3.8, 4) is 17.1 Å². The van der Waals surface area contributed by atoms with E-state index in [1.165, 1.54) is 0 Å². The number of hydrogen-bond acceptors (Lipinski definition) is 5. The third kappa shape index (κ3) is 4.91. The molecule has 1 aliphatic rings. The molecule has 2 heterocycles. The van der Waals surface area contributed by atoms with Crippen molar-refractivity contribution in [3.63, 3.8) is 0 Å². The Balaban J connectivity index is 1.71. The number of benzene rings is 1. The molecule has 1 aromatic heterocycles. The van der Waals surface area contributed by atoms with Crippen LogP contribution in [-0.4, -0.2) is 34.6 Å². The molecule has 0 saturated carbocycles. The highest BCUT2D eigenvalue weighted by molar-refractivity contribution is 5.77. The normalized spacial score (nSPS) is 18.3. The van der Waals surface area contributed by atoms with Crippen molar-refractivity contribution < 1.29 is 14.1 Å². The number of carbonyl (C=O) groups excluding carboxylic acids is 1. The van der Waals surface area contributed by atoms with Gasteiger partial charge in [-0.15, -0.1) is 0 Å². The van der Waals surface area contributed by atoms with Crippen LogP contribution in [0, 0.1) is 11.3 Å². The van der Waals surface area contributed by atoms with Crippen LogP contribution in [0.15, 0.2) is 28.8 Å². The highest BCUT2D eigenvalue weighted by atomic mass is 16.5. The molecular weight excluding hydrogens is 354 g/mol. The minimum atomic E-state index is -0.124. The summed E-state index contributed by atoms with van der Waals surface area (Å²) in [5.41, 5.74) is 1.06. The Hall–Kier alpha value is -2.37. The first kappa shape index (κ1) is 20.4. The number of likely N-dealkylation sites (tertiary alicyclic amines) is 1. The van der Waals surface area contributed by atoms with E-state index in [1.807, 2.05) is 29.2 Å². The van der Waals surface area contributed by atoms with Crippen molar-refractivity contribution in [2.45, 2.75) is 59.4 Å². The number of methoxy groups -OCH3 is 1. The van der Waals surface area contributed by atoms with E-state index in [4.69, 9.17) is 9.26 Å². The summed E-state index contributed by atoms with van der Waals surface area (Å²) in [5, 5.41) is 4.13. The Labute approximate surface area is 167 Å². The predicted molar refractivity (Wildman–Crippen MR) is 108 cm³/mol. The van der Waals surface area contributed by atoms with Crippen LogP contribution < -0.4 is 4.74 Å². The van der Waals surface area contributed by atoms with E-state index < -0.39 is 0 Å². The molecule has 1 aliphatic heterocycles. The van der Waals surface area contributed by atoms with Gasteiger partial charge in [0.15, 0.2) is 0 Å². The lowest BCUT2D eigenvalue weighted by atomic mass is 9.84. The number of amides is 1. The molecule has 1 aromatic carbocycles. The van der Waals surface area contributed by atoms with Crippen LogP contribution in [0.1, 0.15) is 65.3 Å². The van der Waals surface area contributed by atoms with Crippen LogP contribution in [0.5, 0.6) is 5.75 Å². The summed E-state index contributed by atoms with van der Waals surface area (Å²) in [5.74, 6) is 2.32. The molecule has 6 heteroatoms. The zero-order chi connectivity index (χ0) is 20.3. The van der Waals surface area contributed by atoms with Crippen molar-refractivity contribution in [2.24, 2.45) is 11.3 Å². The van der Waals surface area contributed by atoms with Crippen molar-refractivity contribution >= 4 is 5.91 Å². The molecule has 1 amide bonds. The summed E-state index contributed by atoms with van der Waals surface area (Å²) >= 11 is 0. The molecule has 0 bridgehead atoms. The second-order valence-corrected chi connectivity index (χ2v) is 9.01. The molecule has 0 N–H and O–H groups in total. The largest absolute Gasteiger partial charge is 0.497 e. The molecule has 2 atom stereocenters. The van der Waals surface area contributed by atoms with Gasteiger partial charge in [0, 0.05) is 18.5 Å². The van der Waals surface area contributed by atoms with Crippen molar-refractivity contribution in [1.82, 2.24) is 15.0 Å². The summed E-state index contributed by atoms with van der Waals surface area (Å²) in [6.45, 7) is 9.55. The van der Waals surface area contributed by atoms with Gasteiger partial charge < -0.3 is 14.2 Å². The number of rotatable bonds is 6. The fourth-order valence-electron chi connectivity index (χ4n) is 4.10. The molecule has 0 spiro atoms. The Morgan fingerprint density at radius 1 is 1.39 bits per heavy atom. The zero-order valence-corrected chi connectivity index (χ0v) is 17.6.